The van der Waals surface area contributed by atoms with Gasteiger partial charge in [0, 0.05) is 24.9 Å². The van der Waals surface area contributed by atoms with Crippen LogP contribution in [0.4, 0.5) is 0 Å². The molecule has 118 valence electrons. The van der Waals surface area contributed by atoms with Crippen LogP contribution in [0.25, 0.3) is 0 Å². The van der Waals surface area contributed by atoms with Gasteiger partial charge in [0.15, 0.2) is 0 Å². The summed E-state index contributed by atoms with van der Waals surface area (Å²) in [6.07, 6.45) is 4.17. The first-order valence-corrected chi connectivity index (χ1v) is 8.34. The van der Waals surface area contributed by atoms with Crippen LogP contribution in [0.2, 0.25) is 0 Å². The van der Waals surface area contributed by atoms with Gasteiger partial charge in [-0.2, -0.15) is 0 Å². The predicted molar refractivity (Wildman–Crippen MR) is 86.8 cm³/mol. The standard InChI is InChI=1S/C18H35NO/c1-13(2)10-14(3)19(7)12-15-11-16(18(4,5)6)8-9-17(15)20/h13-16H,8-12H2,1-7H3. The molecule has 0 radical (unpaired) electrons. The third-order valence-electron chi connectivity index (χ3n) is 5.06. The molecule has 3 atom stereocenters. The average Bonchev–Trinajstić information content (AvgIpc) is 2.29. The molecule has 1 saturated carbocycles. The Bertz CT molecular complexity index is 316. The number of carbonyl (C=O) groups is 1. The van der Waals surface area contributed by atoms with Crippen molar-refractivity contribution in [1.29, 1.82) is 0 Å². The minimum absolute atomic E-state index is 0.257. The van der Waals surface area contributed by atoms with E-state index in [0.29, 0.717) is 23.2 Å². The molecule has 1 aliphatic carbocycles. The van der Waals surface area contributed by atoms with Gasteiger partial charge in [0.2, 0.25) is 0 Å². The van der Waals surface area contributed by atoms with Gasteiger partial charge in [-0.25, -0.2) is 0 Å². The number of rotatable bonds is 5. The zero-order valence-corrected chi connectivity index (χ0v) is 14.7. The molecule has 0 saturated heterocycles. The molecule has 0 bridgehead atoms. The maximum atomic E-state index is 12.2. The van der Waals surface area contributed by atoms with Crippen LogP contribution in [0.5, 0.6) is 0 Å². The van der Waals surface area contributed by atoms with Gasteiger partial charge in [-0.05, 0) is 50.5 Å². The lowest BCUT2D eigenvalue weighted by Crippen LogP contribution is -2.41. The molecule has 1 aliphatic rings. The second-order valence-corrected chi connectivity index (χ2v) is 8.42. The number of hydrogen-bond acceptors (Lipinski definition) is 2. The van der Waals surface area contributed by atoms with E-state index in [0.717, 1.165) is 31.7 Å². The molecule has 3 unspecified atom stereocenters. The summed E-state index contributed by atoms with van der Waals surface area (Å²) in [6, 6.07) is 0.567. The summed E-state index contributed by atoms with van der Waals surface area (Å²) >= 11 is 0. The minimum atomic E-state index is 0.257. The summed E-state index contributed by atoms with van der Waals surface area (Å²) in [5.41, 5.74) is 0.334. The van der Waals surface area contributed by atoms with Gasteiger partial charge >= 0.3 is 0 Å². The highest BCUT2D eigenvalue weighted by molar-refractivity contribution is 5.82. The molecule has 1 fully saturated rings. The Labute approximate surface area is 126 Å². The zero-order valence-electron chi connectivity index (χ0n) is 14.7. The van der Waals surface area contributed by atoms with Crippen LogP contribution in [0.3, 0.4) is 0 Å². The van der Waals surface area contributed by atoms with Crippen molar-refractivity contribution >= 4 is 5.78 Å². The van der Waals surface area contributed by atoms with Crippen molar-refractivity contribution in [3.63, 3.8) is 0 Å². The molecule has 0 aromatic heterocycles. The summed E-state index contributed by atoms with van der Waals surface area (Å²) in [4.78, 5) is 14.6. The smallest absolute Gasteiger partial charge is 0.137 e. The van der Waals surface area contributed by atoms with E-state index in [4.69, 9.17) is 0 Å². The number of ketones is 1. The van der Waals surface area contributed by atoms with Gasteiger partial charge in [-0.1, -0.05) is 34.6 Å². The Hall–Kier alpha value is -0.370. The van der Waals surface area contributed by atoms with Gasteiger partial charge in [0.1, 0.15) is 5.78 Å². The predicted octanol–water partition coefficient (Wildman–Crippen LogP) is 4.38. The first-order valence-electron chi connectivity index (χ1n) is 8.34. The molecular weight excluding hydrogens is 246 g/mol. The van der Waals surface area contributed by atoms with E-state index in [1.807, 2.05) is 0 Å². The van der Waals surface area contributed by atoms with Crippen LogP contribution in [0.15, 0.2) is 0 Å². The Balaban J connectivity index is 2.58. The number of carbonyl (C=O) groups excluding carboxylic acids is 1. The first kappa shape index (κ1) is 17.7. The highest BCUT2D eigenvalue weighted by atomic mass is 16.1. The van der Waals surface area contributed by atoms with Crippen molar-refractivity contribution in [3.05, 3.63) is 0 Å². The second kappa shape index (κ2) is 7.06. The highest BCUT2D eigenvalue weighted by Crippen LogP contribution is 2.39. The van der Waals surface area contributed by atoms with E-state index in [-0.39, 0.29) is 5.92 Å². The van der Waals surface area contributed by atoms with Crippen LogP contribution >= 0.6 is 0 Å². The van der Waals surface area contributed by atoms with Crippen molar-refractivity contribution in [1.82, 2.24) is 4.90 Å². The molecule has 0 amide bonds. The summed E-state index contributed by atoms with van der Waals surface area (Å²) in [5, 5.41) is 0. The Morgan fingerprint density at radius 1 is 1.25 bits per heavy atom. The summed E-state index contributed by atoms with van der Waals surface area (Å²) in [7, 11) is 2.18. The van der Waals surface area contributed by atoms with Crippen LogP contribution in [0, 0.1) is 23.2 Å². The van der Waals surface area contributed by atoms with Crippen LogP contribution < -0.4 is 0 Å². The third-order valence-corrected chi connectivity index (χ3v) is 5.06. The van der Waals surface area contributed by atoms with Crippen molar-refractivity contribution in [2.24, 2.45) is 23.2 Å². The van der Waals surface area contributed by atoms with Crippen LogP contribution in [-0.4, -0.2) is 30.3 Å². The largest absolute Gasteiger partial charge is 0.303 e. The van der Waals surface area contributed by atoms with E-state index >= 15 is 0 Å². The fraction of sp³-hybridized carbons (Fsp3) is 0.944. The SMILES string of the molecule is CC(C)CC(C)N(C)CC1CC(C(C)(C)C)CCC1=O. The molecule has 2 heteroatoms. The van der Waals surface area contributed by atoms with E-state index in [1.165, 1.54) is 6.42 Å². The molecule has 0 aromatic rings. The van der Waals surface area contributed by atoms with Gasteiger partial charge < -0.3 is 4.90 Å². The lowest BCUT2D eigenvalue weighted by Gasteiger charge is -2.39. The van der Waals surface area contributed by atoms with Gasteiger partial charge in [0.05, 0.1) is 0 Å². The van der Waals surface area contributed by atoms with Crippen molar-refractivity contribution in [2.45, 2.75) is 73.3 Å². The van der Waals surface area contributed by atoms with Crippen molar-refractivity contribution < 1.29 is 4.79 Å². The Morgan fingerprint density at radius 3 is 2.35 bits per heavy atom. The van der Waals surface area contributed by atoms with E-state index in [9.17, 15) is 4.79 Å². The number of nitrogens with zero attached hydrogens (tertiary/aromatic N) is 1. The molecule has 0 spiro atoms. The van der Waals surface area contributed by atoms with Crippen LogP contribution in [0.1, 0.15) is 67.2 Å². The summed E-state index contributed by atoms with van der Waals surface area (Å²) < 4.78 is 0. The maximum Gasteiger partial charge on any atom is 0.137 e. The van der Waals surface area contributed by atoms with Crippen molar-refractivity contribution in [3.8, 4) is 0 Å². The molecule has 0 aromatic carbocycles. The van der Waals surface area contributed by atoms with E-state index < -0.39 is 0 Å². The van der Waals surface area contributed by atoms with Gasteiger partial charge in [-0.15, -0.1) is 0 Å². The van der Waals surface area contributed by atoms with Crippen molar-refractivity contribution in [2.75, 3.05) is 13.6 Å². The fourth-order valence-corrected chi connectivity index (χ4v) is 3.47. The maximum absolute atomic E-state index is 12.2. The Kier molecular flexibility index (Phi) is 6.25. The molecule has 0 heterocycles. The fourth-order valence-electron chi connectivity index (χ4n) is 3.47. The van der Waals surface area contributed by atoms with E-state index in [1.54, 1.807) is 0 Å². The topological polar surface area (TPSA) is 20.3 Å². The third kappa shape index (κ3) is 5.20. The quantitative estimate of drug-likeness (QED) is 0.745. The lowest BCUT2D eigenvalue weighted by atomic mass is 9.68. The monoisotopic (exact) mass is 281 g/mol. The summed E-state index contributed by atoms with van der Waals surface area (Å²) in [6.45, 7) is 14.7. The molecule has 2 nitrogen and oxygen atoms in total. The molecule has 0 N–H and O–H groups in total. The van der Waals surface area contributed by atoms with Gasteiger partial charge in [0.25, 0.3) is 0 Å². The molecular formula is C18H35NO. The second-order valence-electron chi connectivity index (χ2n) is 8.42. The zero-order chi connectivity index (χ0) is 15.5. The van der Waals surface area contributed by atoms with Gasteiger partial charge in [-0.3, -0.25) is 4.79 Å². The summed E-state index contributed by atoms with van der Waals surface area (Å²) in [5.74, 6) is 2.16. The molecule has 20 heavy (non-hydrogen) atoms. The number of Topliss-reactive ketones (excluding diaryl/α,β-unsaturated/α-hetero) is 1. The normalized spacial score (nSPS) is 26.4. The lowest BCUT2D eigenvalue weighted by molar-refractivity contribution is -0.127. The average molecular weight is 281 g/mol. The van der Waals surface area contributed by atoms with E-state index in [2.05, 4.69) is 53.5 Å². The first-order chi connectivity index (χ1) is 9.11. The van der Waals surface area contributed by atoms with Crippen LogP contribution in [-0.2, 0) is 4.79 Å². The minimum Gasteiger partial charge on any atom is -0.303 e. The molecule has 1 rings (SSSR count). The highest BCUT2D eigenvalue weighted by Gasteiger charge is 2.35. The Morgan fingerprint density at radius 2 is 1.85 bits per heavy atom. The number of hydrogen-bond donors (Lipinski definition) is 0. The molecule has 0 aliphatic heterocycles.